The van der Waals surface area contributed by atoms with Crippen molar-refractivity contribution in [2.75, 3.05) is 19.6 Å². The van der Waals surface area contributed by atoms with Crippen LogP contribution in [-0.2, 0) is 6.54 Å². The highest BCUT2D eigenvalue weighted by atomic mass is 35.5. The number of halogens is 3. The summed E-state index contributed by atoms with van der Waals surface area (Å²) in [5, 5.41) is 13.0. The molecule has 0 amide bonds. The van der Waals surface area contributed by atoms with Crippen LogP contribution in [0.1, 0.15) is 17.3 Å². The first-order chi connectivity index (χ1) is 12.7. The Morgan fingerprint density at radius 1 is 1.19 bits per heavy atom. The zero-order valence-corrected chi connectivity index (χ0v) is 16.8. The molecule has 1 aliphatic heterocycles. The van der Waals surface area contributed by atoms with E-state index < -0.39 is 0 Å². The Labute approximate surface area is 173 Å². The van der Waals surface area contributed by atoms with Crippen LogP contribution in [0.15, 0.2) is 48.9 Å². The van der Waals surface area contributed by atoms with Crippen molar-refractivity contribution in [1.29, 1.82) is 0 Å². The van der Waals surface area contributed by atoms with E-state index in [2.05, 4.69) is 31.6 Å². The summed E-state index contributed by atoms with van der Waals surface area (Å²) in [4.78, 5) is 6.64. The fraction of sp³-hybridized carbons (Fsp3) is 0.278. The van der Waals surface area contributed by atoms with Crippen LogP contribution in [0.25, 0.3) is 5.69 Å². The van der Waals surface area contributed by atoms with Gasteiger partial charge in [0.15, 0.2) is 0 Å². The zero-order valence-electron chi connectivity index (χ0n) is 14.4. The highest BCUT2D eigenvalue weighted by Gasteiger charge is 2.25. The number of benzene rings is 1. The second kappa shape index (κ2) is 8.99. The maximum absolute atomic E-state index is 6.29. The van der Waals surface area contributed by atoms with Crippen LogP contribution >= 0.6 is 35.6 Å². The molecular weight excluding hydrogens is 407 g/mol. The van der Waals surface area contributed by atoms with E-state index in [0.29, 0.717) is 16.6 Å². The molecule has 1 saturated heterocycles. The molecule has 3 aromatic rings. The summed E-state index contributed by atoms with van der Waals surface area (Å²) in [6, 6.07) is 9.82. The summed E-state index contributed by atoms with van der Waals surface area (Å²) in [5.41, 5.74) is 2.81. The van der Waals surface area contributed by atoms with Crippen molar-refractivity contribution in [2.45, 2.75) is 12.6 Å². The van der Waals surface area contributed by atoms with E-state index in [-0.39, 0.29) is 18.4 Å². The minimum atomic E-state index is 0. The molecule has 0 radical (unpaired) electrons. The zero-order chi connectivity index (χ0) is 17.9. The third-order valence-electron chi connectivity index (χ3n) is 4.51. The number of rotatable bonds is 4. The Morgan fingerprint density at radius 2 is 2.07 bits per heavy atom. The number of nitrogens with zero attached hydrogens (tertiary/aromatic N) is 5. The number of nitrogens with one attached hydrogen (secondary N) is 1. The minimum Gasteiger partial charge on any atom is -0.314 e. The first-order valence-electron chi connectivity index (χ1n) is 8.42. The van der Waals surface area contributed by atoms with E-state index in [0.717, 1.165) is 31.0 Å². The Morgan fingerprint density at radius 3 is 2.89 bits per heavy atom. The molecule has 4 rings (SSSR count). The molecule has 1 aromatic carbocycles. The fourth-order valence-corrected chi connectivity index (χ4v) is 3.59. The lowest BCUT2D eigenvalue weighted by molar-refractivity contribution is 0.151. The normalized spacial score (nSPS) is 17.5. The summed E-state index contributed by atoms with van der Waals surface area (Å²) in [6.45, 7) is 3.48. The standard InChI is InChI=1S/C18H18Cl2N6.ClH/c19-15-4-1-5-16(18(15)20)26-12-14(23-24-26)11-25-8-7-22-10-17(25)13-3-2-6-21-9-13;/h1-6,9,12,17,22H,7-8,10-11H2;1H. The van der Waals surface area contributed by atoms with Gasteiger partial charge in [-0.05, 0) is 23.8 Å². The fourth-order valence-electron chi connectivity index (χ4n) is 3.20. The summed E-state index contributed by atoms with van der Waals surface area (Å²) < 4.78 is 1.67. The monoisotopic (exact) mass is 424 g/mol. The second-order valence-corrected chi connectivity index (χ2v) is 6.99. The van der Waals surface area contributed by atoms with Crippen molar-refractivity contribution in [1.82, 2.24) is 30.2 Å². The molecule has 9 heteroatoms. The molecular formula is C18H19Cl3N6. The molecule has 1 unspecified atom stereocenters. The van der Waals surface area contributed by atoms with Crippen molar-refractivity contribution in [3.05, 3.63) is 70.2 Å². The number of hydrogen-bond donors (Lipinski definition) is 1. The van der Waals surface area contributed by atoms with Gasteiger partial charge >= 0.3 is 0 Å². The molecule has 1 fully saturated rings. The van der Waals surface area contributed by atoms with E-state index in [4.69, 9.17) is 23.2 Å². The van der Waals surface area contributed by atoms with E-state index in [1.54, 1.807) is 16.9 Å². The van der Waals surface area contributed by atoms with Gasteiger partial charge < -0.3 is 5.32 Å². The van der Waals surface area contributed by atoms with Crippen LogP contribution in [0, 0.1) is 0 Å². The first kappa shape index (κ1) is 20.0. The molecule has 1 atom stereocenters. The lowest BCUT2D eigenvalue weighted by Gasteiger charge is -2.35. The first-order valence-corrected chi connectivity index (χ1v) is 9.18. The Hall–Kier alpha value is -1.70. The van der Waals surface area contributed by atoms with E-state index in [9.17, 15) is 0 Å². The van der Waals surface area contributed by atoms with Gasteiger partial charge in [0.1, 0.15) is 0 Å². The van der Waals surface area contributed by atoms with Crippen LogP contribution in [0.5, 0.6) is 0 Å². The Bertz CT molecular complexity index is 886. The van der Waals surface area contributed by atoms with Crippen LogP contribution in [0.3, 0.4) is 0 Å². The van der Waals surface area contributed by atoms with Crippen molar-refractivity contribution in [3.8, 4) is 5.69 Å². The highest BCUT2D eigenvalue weighted by Crippen LogP contribution is 2.28. The molecule has 0 aliphatic carbocycles. The molecule has 2 aromatic heterocycles. The van der Waals surface area contributed by atoms with Crippen LogP contribution in [-0.4, -0.2) is 44.5 Å². The van der Waals surface area contributed by atoms with Crippen molar-refractivity contribution >= 4 is 35.6 Å². The number of hydrogen-bond acceptors (Lipinski definition) is 5. The molecule has 6 nitrogen and oxygen atoms in total. The van der Waals surface area contributed by atoms with E-state index in [1.165, 1.54) is 5.56 Å². The summed E-state index contributed by atoms with van der Waals surface area (Å²) in [5.74, 6) is 0. The lowest BCUT2D eigenvalue weighted by Crippen LogP contribution is -2.45. The van der Waals surface area contributed by atoms with Crippen LogP contribution in [0.4, 0.5) is 0 Å². The number of pyridine rings is 1. The van der Waals surface area contributed by atoms with Crippen molar-refractivity contribution < 1.29 is 0 Å². The molecule has 0 bridgehead atoms. The van der Waals surface area contributed by atoms with Gasteiger partial charge in [-0.25, -0.2) is 4.68 Å². The average molecular weight is 426 g/mol. The Kier molecular flexibility index (Phi) is 6.68. The maximum atomic E-state index is 6.29. The molecule has 27 heavy (non-hydrogen) atoms. The van der Waals surface area contributed by atoms with Gasteiger partial charge in [0.2, 0.25) is 0 Å². The molecule has 0 saturated carbocycles. The largest absolute Gasteiger partial charge is 0.314 e. The highest BCUT2D eigenvalue weighted by molar-refractivity contribution is 6.43. The molecule has 142 valence electrons. The van der Waals surface area contributed by atoms with E-state index >= 15 is 0 Å². The van der Waals surface area contributed by atoms with Gasteiger partial charge in [-0.15, -0.1) is 17.5 Å². The van der Waals surface area contributed by atoms with Gasteiger partial charge in [0.05, 0.1) is 27.6 Å². The summed E-state index contributed by atoms with van der Waals surface area (Å²) >= 11 is 12.4. The van der Waals surface area contributed by atoms with Gasteiger partial charge in [-0.2, -0.15) is 0 Å². The predicted octanol–water partition coefficient (Wildman–Crippen LogP) is 3.54. The number of piperazine rings is 1. The van der Waals surface area contributed by atoms with Crippen LogP contribution < -0.4 is 5.32 Å². The molecule has 1 aliphatic rings. The third kappa shape index (κ3) is 4.42. The predicted molar refractivity (Wildman–Crippen MR) is 109 cm³/mol. The molecule has 0 spiro atoms. The average Bonchev–Trinajstić information content (AvgIpc) is 3.13. The van der Waals surface area contributed by atoms with Crippen LogP contribution in [0.2, 0.25) is 10.0 Å². The van der Waals surface area contributed by atoms with Gasteiger partial charge in [-0.3, -0.25) is 9.88 Å². The minimum absolute atomic E-state index is 0. The van der Waals surface area contributed by atoms with E-state index in [1.807, 2.05) is 30.6 Å². The van der Waals surface area contributed by atoms with Gasteiger partial charge in [0, 0.05) is 44.6 Å². The third-order valence-corrected chi connectivity index (χ3v) is 5.32. The molecule has 3 heterocycles. The quantitative estimate of drug-likeness (QED) is 0.693. The molecule has 1 N–H and O–H groups in total. The number of aromatic nitrogens is 4. The topological polar surface area (TPSA) is 58.9 Å². The summed E-state index contributed by atoms with van der Waals surface area (Å²) in [7, 11) is 0. The SMILES string of the molecule is Cl.Clc1cccc(-n2cc(CN3CCNCC3c3cccnc3)nn2)c1Cl. The van der Waals surface area contributed by atoms with Crippen molar-refractivity contribution in [2.24, 2.45) is 0 Å². The maximum Gasteiger partial charge on any atom is 0.0972 e. The van der Waals surface area contributed by atoms with Crippen molar-refractivity contribution in [3.63, 3.8) is 0 Å². The van der Waals surface area contributed by atoms with Gasteiger partial charge in [-0.1, -0.05) is 40.5 Å². The smallest absolute Gasteiger partial charge is 0.0972 e. The lowest BCUT2D eigenvalue weighted by atomic mass is 10.1. The van der Waals surface area contributed by atoms with Gasteiger partial charge in [0.25, 0.3) is 0 Å². The summed E-state index contributed by atoms with van der Waals surface area (Å²) in [6.07, 6.45) is 5.62. The second-order valence-electron chi connectivity index (χ2n) is 6.20. The Balaban J connectivity index is 0.00000210.